The molecule has 0 aromatic heterocycles. The van der Waals surface area contributed by atoms with Gasteiger partial charge < -0.3 is 16.0 Å². The fourth-order valence-electron chi connectivity index (χ4n) is 2.36. The summed E-state index contributed by atoms with van der Waals surface area (Å²) in [6, 6.07) is 5.09. The molecular formula is C14H17BrClN3OS. The Kier molecular flexibility index (Phi) is 5.24. The molecule has 0 saturated carbocycles. The Labute approximate surface area is 143 Å². The van der Waals surface area contributed by atoms with Gasteiger partial charge in [-0.15, -0.1) is 0 Å². The minimum Gasteiger partial charge on any atom is -0.391 e. The van der Waals surface area contributed by atoms with Crippen LogP contribution in [0.4, 0.5) is 0 Å². The molecule has 2 rings (SSSR count). The van der Waals surface area contributed by atoms with Crippen molar-refractivity contribution in [3.63, 3.8) is 0 Å². The number of piperidine rings is 1. The lowest BCUT2D eigenvalue weighted by Crippen LogP contribution is -2.61. The normalized spacial score (nSPS) is 18.2. The SMILES string of the molecule is CN1CCC(NC(=O)c2ccc(Br)c(Cl)c2)(C(N)=S)CC1. The zero-order valence-electron chi connectivity index (χ0n) is 11.7. The molecular weight excluding hydrogens is 374 g/mol. The van der Waals surface area contributed by atoms with Gasteiger partial charge in [0.2, 0.25) is 0 Å². The average molecular weight is 391 g/mol. The molecule has 1 heterocycles. The van der Waals surface area contributed by atoms with Gasteiger partial charge in [-0.25, -0.2) is 0 Å². The summed E-state index contributed by atoms with van der Waals surface area (Å²) < 4.78 is 0.754. The Morgan fingerprint density at radius 1 is 1.48 bits per heavy atom. The van der Waals surface area contributed by atoms with E-state index in [0.717, 1.165) is 30.4 Å². The number of likely N-dealkylation sites (tertiary alicyclic amines) is 1. The number of halogens is 2. The Balaban J connectivity index is 2.19. The molecule has 0 unspecified atom stereocenters. The smallest absolute Gasteiger partial charge is 0.252 e. The minimum atomic E-state index is -0.613. The van der Waals surface area contributed by atoms with Gasteiger partial charge >= 0.3 is 0 Å². The summed E-state index contributed by atoms with van der Waals surface area (Å²) in [6.07, 6.45) is 1.43. The van der Waals surface area contributed by atoms with Gasteiger partial charge in [0.1, 0.15) is 0 Å². The Morgan fingerprint density at radius 3 is 2.62 bits per heavy atom. The van der Waals surface area contributed by atoms with E-state index in [1.165, 1.54) is 0 Å². The first kappa shape index (κ1) is 16.7. The molecule has 1 aliphatic heterocycles. The van der Waals surface area contributed by atoms with E-state index in [1.807, 2.05) is 7.05 Å². The van der Waals surface area contributed by atoms with Crippen LogP contribution in [0.5, 0.6) is 0 Å². The fraction of sp³-hybridized carbons (Fsp3) is 0.429. The maximum atomic E-state index is 12.5. The van der Waals surface area contributed by atoms with Gasteiger partial charge in [0.05, 0.1) is 15.6 Å². The van der Waals surface area contributed by atoms with Crippen LogP contribution >= 0.6 is 39.7 Å². The Hall–Kier alpha value is -0.690. The average Bonchev–Trinajstić information content (AvgIpc) is 2.44. The molecule has 1 fully saturated rings. The zero-order chi connectivity index (χ0) is 15.6. The van der Waals surface area contributed by atoms with Crippen molar-refractivity contribution in [1.82, 2.24) is 10.2 Å². The lowest BCUT2D eigenvalue weighted by molar-refractivity contribution is 0.0890. The molecule has 0 radical (unpaired) electrons. The molecule has 1 saturated heterocycles. The highest BCUT2D eigenvalue weighted by atomic mass is 79.9. The first-order chi connectivity index (χ1) is 9.84. The van der Waals surface area contributed by atoms with Crippen LogP contribution in [0.3, 0.4) is 0 Å². The summed E-state index contributed by atoms with van der Waals surface area (Å²) in [5.74, 6) is -0.207. The fourth-order valence-corrected chi connectivity index (χ4v) is 3.04. The van der Waals surface area contributed by atoms with Crippen LogP contribution < -0.4 is 11.1 Å². The van der Waals surface area contributed by atoms with Gasteiger partial charge in [-0.2, -0.15) is 0 Å². The van der Waals surface area contributed by atoms with E-state index in [9.17, 15) is 4.79 Å². The quantitative estimate of drug-likeness (QED) is 0.779. The van der Waals surface area contributed by atoms with Crippen LogP contribution in [0.15, 0.2) is 22.7 Å². The number of amides is 1. The molecule has 7 heteroatoms. The summed E-state index contributed by atoms with van der Waals surface area (Å²) in [6.45, 7) is 1.69. The largest absolute Gasteiger partial charge is 0.391 e. The van der Waals surface area contributed by atoms with E-state index in [2.05, 4.69) is 26.1 Å². The zero-order valence-corrected chi connectivity index (χ0v) is 14.8. The van der Waals surface area contributed by atoms with Crippen molar-refractivity contribution in [2.75, 3.05) is 20.1 Å². The Bertz CT molecular complexity index is 573. The molecule has 0 spiro atoms. The topological polar surface area (TPSA) is 58.4 Å². The van der Waals surface area contributed by atoms with Gasteiger partial charge in [0.15, 0.2) is 0 Å². The van der Waals surface area contributed by atoms with Crippen molar-refractivity contribution >= 4 is 50.6 Å². The summed E-state index contributed by atoms with van der Waals surface area (Å²) in [5, 5.41) is 3.51. The van der Waals surface area contributed by atoms with Crippen LogP contribution in [0, 0.1) is 0 Å². The lowest BCUT2D eigenvalue weighted by Gasteiger charge is -2.40. The second-order valence-electron chi connectivity index (χ2n) is 5.33. The van der Waals surface area contributed by atoms with E-state index in [4.69, 9.17) is 29.6 Å². The van der Waals surface area contributed by atoms with Crippen molar-refractivity contribution in [2.24, 2.45) is 5.73 Å². The molecule has 0 bridgehead atoms. The number of hydrogen-bond acceptors (Lipinski definition) is 3. The van der Waals surface area contributed by atoms with Gasteiger partial charge in [-0.05, 0) is 54.0 Å². The minimum absolute atomic E-state index is 0.207. The molecule has 1 aromatic rings. The predicted molar refractivity (Wildman–Crippen MR) is 92.9 cm³/mol. The summed E-state index contributed by atoms with van der Waals surface area (Å²) >= 11 is 14.5. The molecule has 3 N–H and O–H groups in total. The summed E-state index contributed by atoms with van der Waals surface area (Å²) in [4.78, 5) is 15.0. The number of benzene rings is 1. The second-order valence-corrected chi connectivity index (χ2v) is 7.03. The molecule has 1 amide bonds. The van der Waals surface area contributed by atoms with Crippen molar-refractivity contribution in [3.8, 4) is 0 Å². The van der Waals surface area contributed by atoms with Crippen LogP contribution in [-0.2, 0) is 0 Å². The van der Waals surface area contributed by atoms with Crippen LogP contribution in [-0.4, -0.2) is 41.5 Å². The highest BCUT2D eigenvalue weighted by molar-refractivity contribution is 9.10. The van der Waals surface area contributed by atoms with Crippen LogP contribution in [0.2, 0.25) is 5.02 Å². The summed E-state index contributed by atoms with van der Waals surface area (Å²) in [7, 11) is 2.04. The maximum Gasteiger partial charge on any atom is 0.252 e. The number of thiocarbonyl (C=S) groups is 1. The first-order valence-corrected chi connectivity index (χ1v) is 8.18. The number of nitrogens with two attached hydrogens (primary N) is 1. The third-order valence-corrected chi connectivity index (χ3v) is 5.47. The third-order valence-electron chi connectivity index (χ3n) is 3.85. The van der Waals surface area contributed by atoms with Gasteiger partial charge in [0, 0.05) is 23.1 Å². The lowest BCUT2D eigenvalue weighted by atomic mass is 9.87. The predicted octanol–water partition coefficient (Wildman–Crippen LogP) is 2.58. The highest BCUT2D eigenvalue weighted by Gasteiger charge is 2.38. The molecule has 0 atom stereocenters. The molecule has 21 heavy (non-hydrogen) atoms. The van der Waals surface area contributed by atoms with Gasteiger partial charge in [-0.3, -0.25) is 4.79 Å². The van der Waals surface area contributed by atoms with Gasteiger partial charge in [-0.1, -0.05) is 23.8 Å². The monoisotopic (exact) mass is 389 g/mol. The van der Waals surface area contributed by atoms with Crippen molar-refractivity contribution < 1.29 is 4.79 Å². The summed E-state index contributed by atoms with van der Waals surface area (Å²) in [5.41, 5.74) is 5.78. The van der Waals surface area contributed by atoms with Crippen LogP contribution in [0.1, 0.15) is 23.2 Å². The number of carbonyl (C=O) groups is 1. The van der Waals surface area contributed by atoms with E-state index < -0.39 is 5.54 Å². The van der Waals surface area contributed by atoms with Crippen LogP contribution in [0.25, 0.3) is 0 Å². The number of nitrogens with zero attached hydrogens (tertiary/aromatic N) is 1. The molecule has 1 aromatic carbocycles. The maximum absolute atomic E-state index is 12.5. The number of carbonyl (C=O) groups excluding carboxylic acids is 1. The number of nitrogens with one attached hydrogen (secondary N) is 1. The van der Waals surface area contributed by atoms with E-state index >= 15 is 0 Å². The van der Waals surface area contributed by atoms with Crippen molar-refractivity contribution in [2.45, 2.75) is 18.4 Å². The standard InChI is InChI=1S/C14H17BrClN3OS/c1-19-6-4-14(5-7-19,13(17)21)18-12(20)9-2-3-10(15)11(16)8-9/h2-3,8H,4-7H2,1H3,(H2,17,21)(H,18,20). The van der Waals surface area contributed by atoms with E-state index in [0.29, 0.717) is 15.6 Å². The third kappa shape index (κ3) is 3.74. The first-order valence-electron chi connectivity index (χ1n) is 6.60. The number of hydrogen-bond donors (Lipinski definition) is 2. The number of rotatable bonds is 3. The molecule has 1 aliphatic rings. The van der Waals surface area contributed by atoms with Crippen molar-refractivity contribution in [1.29, 1.82) is 0 Å². The van der Waals surface area contributed by atoms with E-state index in [-0.39, 0.29) is 5.91 Å². The van der Waals surface area contributed by atoms with Crippen molar-refractivity contribution in [3.05, 3.63) is 33.3 Å². The second kappa shape index (κ2) is 6.60. The molecule has 4 nitrogen and oxygen atoms in total. The van der Waals surface area contributed by atoms with E-state index in [1.54, 1.807) is 18.2 Å². The highest BCUT2D eigenvalue weighted by Crippen LogP contribution is 2.25. The van der Waals surface area contributed by atoms with Gasteiger partial charge in [0.25, 0.3) is 5.91 Å². The molecule has 0 aliphatic carbocycles. The molecule has 114 valence electrons. The Morgan fingerprint density at radius 2 is 2.10 bits per heavy atom.